The van der Waals surface area contributed by atoms with Gasteiger partial charge >= 0.3 is 0 Å². The molecule has 8 nitrogen and oxygen atoms in total. The van der Waals surface area contributed by atoms with Crippen LogP contribution in [0, 0.1) is 11.7 Å². The summed E-state index contributed by atoms with van der Waals surface area (Å²) in [6.07, 6.45) is 5.97. The first kappa shape index (κ1) is 30.0. The van der Waals surface area contributed by atoms with Crippen LogP contribution < -0.4 is 10.5 Å². The number of aliphatic imine (C=N–C) groups is 1. The largest absolute Gasteiger partial charge is 0.464 e. The zero-order valence-corrected chi connectivity index (χ0v) is 27.0. The number of aryl methyl sites for hydroxylation is 1. The van der Waals surface area contributed by atoms with Gasteiger partial charge in [-0.25, -0.2) is 9.37 Å². The second kappa shape index (κ2) is 11.9. The highest BCUT2D eigenvalue weighted by Gasteiger charge is 2.34. The molecule has 1 unspecified atom stereocenters. The number of likely N-dealkylation sites (tertiary alicyclic amines) is 1. The van der Waals surface area contributed by atoms with Gasteiger partial charge in [0.1, 0.15) is 17.4 Å². The number of H-pyrrole nitrogens is 1. The molecule has 5 heterocycles. The van der Waals surface area contributed by atoms with Crippen molar-refractivity contribution in [2.75, 3.05) is 6.54 Å². The molecule has 2 aliphatic heterocycles. The number of carbonyl (C=O) groups is 1. The van der Waals surface area contributed by atoms with Crippen LogP contribution in [0.3, 0.4) is 0 Å². The summed E-state index contributed by atoms with van der Waals surface area (Å²) in [4.78, 5) is 29.0. The topological polar surface area (TPSA) is 102 Å². The third-order valence-electron chi connectivity index (χ3n) is 8.84. The van der Waals surface area contributed by atoms with Gasteiger partial charge in [0.05, 0.1) is 45.3 Å². The summed E-state index contributed by atoms with van der Waals surface area (Å²) in [5, 5.41) is 0.913. The smallest absolute Gasteiger partial charge is 0.223 e. The Balaban J connectivity index is 1.30. The number of halogens is 1. The van der Waals surface area contributed by atoms with Crippen molar-refractivity contribution in [1.82, 2.24) is 19.4 Å². The second-order valence-electron chi connectivity index (χ2n) is 12.4. The number of amides is 1. The lowest BCUT2D eigenvalue weighted by atomic mass is 10.0. The molecule has 2 atom stereocenters. The molecule has 2 aromatic carbocycles. The molecule has 46 heavy (non-hydrogen) atoms. The van der Waals surface area contributed by atoms with Crippen LogP contribution in [0.15, 0.2) is 65.9 Å². The predicted octanol–water partition coefficient (Wildman–Crippen LogP) is 8.07. The van der Waals surface area contributed by atoms with Crippen molar-refractivity contribution in [1.29, 1.82) is 0 Å². The number of fused-ring (bicyclic) bond motifs is 5. The molecule has 1 saturated heterocycles. The van der Waals surface area contributed by atoms with Gasteiger partial charge in [0.15, 0.2) is 0 Å². The number of thiophene rings is 1. The number of nitrogens with two attached hydrogens (primary N) is 1. The number of nitrogens with one attached hydrogen (secondary N) is 1. The van der Waals surface area contributed by atoms with Crippen LogP contribution in [-0.4, -0.2) is 38.6 Å². The Bertz CT molecular complexity index is 2000. The first-order valence-corrected chi connectivity index (χ1v) is 16.6. The highest BCUT2D eigenvalue weighted by Crippen LogP contribution is 2.48. The van der Waals surface area contributed by atoms with E-state index >= 15 is 4.39 Å². The maximum absolute atomic E-state index is 16.3. The van der Waals surface area contributed by atoms with Crippen molar-refractivity contribution in [3.63, 3.8) is 0 Å². The number of carbonyl (C=O) groups excluding carboxylic acids is 1. The van der Waals surface area contributed by atoms with Crippen LogP contribution in [-0.2, 0) is 11.2 Å². The van der Waals surface area contributed by atoms with Crippen molar-refractivity contribution >= 4 is 40.6 Å². The maximum atomic E-state index is 16.3. The molecule has 0 bridgehead atoms. The molecule has 0 radical (unpaired) electrons. The zero-order valence-electron chi connectivity index (χ0n) is 26.2. The highest BCUT2D eigenvalue weighted by molar-refractivity contribution is 7.12. The third kappa shape index (κ3) is 5.20. The molecular formula is C36H37FN6O2S. The van der Waals surface area contributed by atoms with Gasteiger partial charge in [0, 0.05) is 35.0 Å². The highest BCUT2D eigenvalue weighted by atomic mass is 32.1. The van der Waals surface area contributed by atoms with Crippen LogP contribution in [0.1, 0.15) is 73.4 Å². The van der Waals surface area contributed by atoms with Gasteiger partial charge in [0.25, 0.3) is 0 Å². The Hall–Kier alpha value is -4.70. The Labute approximate surface area is 271 Å². The van der Waals surface area contributed by atoms with E-state index in [1.54, 1.807) is 17.5 Å². The number of imidazole rings is 1. The number of rotatable bonds is 8. The Kier molecular flexibility index (Phi) is 7.76. The Morgan fingerprint density at radius 3 is 2.87 bits per heavy atom. The second-order valence-corrected chi connectivity index (χ2v) is 13.6. The number of ether oxygens (including phenoxy) is 1. The number of hydrogen-bond donors (Lipinski definition) is 2. The fourth-order valence-electron chi connectivity index (χ4n) is 6.66. The molecule has 1 amide bonds. The molecule has 0 aliphatic carbocycles. The van der Waals surface area contributed by atoms with Crippen molar-refractivity contribution in [2.45, 2.75) is 58.7 Å². The molecule has 236 valence electrons. The number of nitrogens with zero attached hydrogens (tertiary/aromatic N) is 4. The first-order valence-electron chi connectivity index (χ1n) is 15.8. The van der Waals surface area contributed by atoms with Gasteiger partial charge in [-0.15, -0.1) is 11.3 Å². The van der Waals surface area contributed by atoms with E-state index < -0.39 is 12.0 Å². The fourth-order valence-corrected chi connectivity index (χ4v) is 7.63. The van der Waals surface area contributed by atoms with Crippen LogP contribution in [0.25, 0.3) is 39.1 Å². The van der Waals surface area contributed by atoms with Crippen molar-refractivity contribution < 1.29 is 13.9 Å². The lowest BCUT2D eigenvalue weighted by Gasteiger charge is -2.30. The molecule has 5 aromatic rings. The SMILES string of the molecule is C=N/C=C(\N)c1ccc2c(c1)cc1n2C(c2ccc(CC)s2)Oc2cc(-c3cnc([C@@H]4CCCN4C(=O)CC(C)C)[nH]3)cc(F)c2-1. The molecule has 1 fully saturated rings. The van der Waals surface area contributed by atoms with E-state index in [2.05, 4.69) is 59.1 Å². The summed E-state index contributed by atoms with van der Waals surface area (Å²) < 4.78 is 25.1. The summed E-state index contributed by atoms with van der Waals surface area (Å²) in [6.45, 7) is 10.5. The van der Waals surface area contributed by atoms with E-state index in [0.717, 1.165) is 58.7 Å². The maximum Gasteiger partial charge on any atom is 0.223 e. The number of aromatic amines is 1. The lowest BCUT2D eigenvalue weighted by Crippen LogP contribution is -2.31. The van der Waals surface area contributed by atoms with Gasteiger partial charge in [-0.3, -0.25) is 14.4 Å². The fraction of sp³-hybridized carbons (Fsp3) is 0.306. The van der Waals surface area contributed by atoms with Crippen molar-refractivity contribution in [2.24, 2.45) is 16.6 Å². The van der Waals surface area contributed by atoms with E-state index in [1.807, 2.05) is 35.2 Å². The summed E-state index contributed by atoms with van der Waals surface area (Å²) in [5.41, 5.74) is 10.9. The summed E-state index contributed by atoms with van der Waals surface area (Å²) >= 11 is 1.70. The zero-order chi connectivity index (χ0) is 32.1. The standard InChI is InChI=1S/C36H37FN6O2S/c1-5-24-9-11-32(46-24)36-43-28-10-8-21(26(38)18-39-4)14-23(28)16-30(43)34-25(37)15-22(17-31(34)45-36)27-19-40-35(41-27)29-7-6-12-42(29)33(44)13-20(2)3/h8-11,14-20,29,36H,4-7,12-13,38H2,1-3H3,(H,40,41)/b26-18-/t29-,36?/m0/s1. The minimum Gasteiger partial charge on any atom is -0.464 e. The van der Waals surface area contributed by atoms with E-state index in [-0.39, 0.29) is 17.9 Å². The Morgan fingerprint density at radius 1 is 1.26 bits per heavy atom. The van der Waals surface area contributed by atoms with Gasteiger partial charge in [-0.2, -0.15) is 0 Å². The molecular weight excluding hydrogens is 600 g/mol. The monoisotopic (exact) mass is 636 g/mol. The van der Waals surface area contributed by atoms with Crippen LogP contribution >= 0.6 is 11.3 Å². The Morgan fingerprint density at radius 2 is 2.11 bits per heavy atom. The summed E-state index contributed by atoms with van der Waals surface area (Å²) in [7, 11) is 0. The van der Waals surface area contributed by atoms with Crippen molar-refractivity contribution in [3.8, 4) is 28.3 Å². The predicted molar refractivity (Wildman–Crippen MR) is 182 cm³/mol. The molecule has 2 aliphatic rings. The number of benzene rings is 2. The molecule has 3 aromatic heterocycles. The summed E-state index contributed by atoms with van der Waals surface area (Å²) in [5.74, 6) is 1.23. The van der Waals surface area contributed by atoms with Gasteiger partial charge in [-0.05, 0) is 79.9 Å². The molecule has 7 rings (SSSR count). The average Bonchev–Trinajstić information content (AvgIpc) is 3.85. The van der Waals surface area contributed by atoms with E-state index in [0.29, 0.717) is 34.7 Å². The number of aromatic nitrogens is 3. The van der Waals surface area contributed by atoms with E-state index in [9.17, 15) is 4.79 Å². The molecule has 10 heteroatoms. The average molecular weight is 637 g/mol. The molecule has 3 N–H and O–H groups in total. The summed E-state index contributed by atoms with van der Waals surface area (Å²) in [6, 6.07) is 15.4. The minimum absolute atomic E-state index is 0.110. The normalized spacial score (nSPS) is 17.8. The lowest BCUT2D eigenvalue weighted by molar-refractivity contribution is -0.133. The quantitative estimate of drug-likeness (QED) is 0.168. The van der Waals surface area contributed by atoms with Crippen LogP contribution in [0.2, 0.25) is 0 Å². The number of hydrogen-bond acceptors (Lipinski definition) is 6. The first-order chi connectivity index (χ1) is 22.2. The molecule has 0 saturated carbocycles. The van der Waals surface area contributed by atoms with Crippen molar-refractivity contribution in [3.05, 3.63) is 87.9 Å². The van der Waals surface area contributed by atoms with E-state index in [4.69, 9.17) is 10.5 Å². The van der Waals surface area contributed by atoms with Crippen LogP contribution in [0.4, 0.5) is 4.39 Å². The third-order valence-corrected chi connectivity index (χ3v) is 10.1. The van der Waals surface area contributed by atoms with Gasteiger partial charge < -0.3 is 20.4 Å². The van der Waals surface area contributed by atoms with Gasteiger partial charge in [-0.1, -0.05) is 26.8 Å². The minimum atomic E-state index is -0.482. The molecule has 0 spiro atoms. The van der Waals surface area contributed by atoms with Gasteiger partial charge in [0.2, 0.25) is 12.1 Å². The van der Waals surface area contributed by atoms with Crippen LogP contribution in [0.5, 0.6) is 5.75 Å². The van der Waals surface area contributed by atoms with E-state index in [1.165, 1.54) is 17.1 Å².